The second-order valence-corrected chi connectivity index (χ2v) is 6.75. The Kier molecular flexibility index (Phi) is 4.73. The molecule has 4 aromatic heterocycles. The Morgan fingerprint density at radius 3 is 2.72 bits per heavy atom. The predicted octanol–water partition coefficient (Wildman–Crippen LogP) is 4.29. The number of nitrogens with one attached hydrogen (secondary N) is 2. The van der Waals surface area contributed by atoms with Gasteiger partial charge in [-0.15, -0.1) is 0 Å². The minimum atomic E-state index is -1.18. The summed E-state index contributed by atoms with van der Waals surface area (Å²) in [6.07, 6.45) is 1.99. The highest BCUT2D eigenvalue weighted by Gasteiger charge is 2.12. The van der Waals surface area contributed by atoms with E-state index in [-0.39, 0.29) is 5.15 Å². The summed E-state index contributed by atoms with van der Waals surface area (Å²) in [5, 5.41) is 19.3. The highest BCUT2D eigenvalue weighted by molar-refractivity contribution is 6.29. The van der Waals surface area contributed by atoms with Crippen LogP contribution in [0.2, 0.25) is 5.15 Å². The zero-order chi connectivity index (χ0) is 20.5. The number of halogens is 1. The minimum absolute atomic E-state index is 0.265. The van der Waals surface area contributed by atoms with Crippen LogP contribution in [0.15, 0.2) is 42.7 Å². The number of aromatic nitrogens is 5. The molecule has 0 spiro atoms. The maximum atomic E-state index is 11.1. The molecule has 0 aliphatic carbocycles. The van der Waals surface area contributed by atoms with E-state index in [0.717, 1.165) is 16.8 Å². The summed E-state index contributed by atoms with van der Waals surface area (Å²) in [6.45, 7) is 3.73. The molecule has 0 saturated heterocycles. The topological polar surface area (TPSA) is 117 Å². The Morgan fingerprint density at radius 2 is 1.97 bits per heavy atom. The van der Waals surface area contributed by atoms with Gasteiger partial charge in [-0.3, -0.25) is 5.32 Å². The Hall–Kier alpha value is -3.72. The maximum Gasteiger partial charge on any atom is 0.409 e. The van der Waals surface area contributed by atoms with Crippen molar-refractivity contribution < 1.29 is 9.90 Å². The molecule has 4 heterocycles. The van der Waals surface area contributed by atoms with Crippen LogP contribution in [0.3, 0.4) is 0 Å². The van der Waals surface area contributed by atoms with Crippen molar-refractivity contribution in [2.45, 2.75) is 13.8 Å². The SMILES string of the molecule is Cc1cc(Nc2cc3cc(-c4cc(Cl)ncc4NC(=O)O)ccn3n2)nc(C)n1. The quantitative estimate of drug-likeness (QED) is 0.430. The van der Waals surface area contributed by atoms with E-state index in [1.165, 1.54) is 6.20 Å². The third-order valence-electron chi connectivity index (χ3n) is 4.11. The predicted molar refractivity (Wildman–Crippen MR) is 110 cm³/mol. The van der Waals surface area contributed by atoms with Gasteiger partial charge in [0.1, 0.15) is 16.8 Å². The van der Waals surface area contributed by atoms with Crippen molar-refractivity contribution in [1.82, 2.24) is 24.6 Å². The van der Waals surface area contributed by atoms with Crippen LogP contribution in [0.1, 0.15) is 11.5 Å². The van der Waals surface area contributed by atoms with Crippen LogP contribution in [0.4, 0.5) is 22.1 Å². The number of anilines is 3. The largest absolute Gasteiger partial charge is 0.465 e. The van der Waals surface area contributed by atoms with Gasteiger partial charge in [0.2, 0.25) is 0 Å². The Bertz CT molecular complexity index is 1220. The zero-order valence-electron chi connectivity index (χ0n) is 15.5. The number of pyridine rings is 2. The number of hydrogen-bond acceptors (Lipinski definition) is 6. The van der Waals surface area contributed by atoms with E-state index in [0.29, 0.717) is 28.7 Å². The summed E-state index contributed by atoms with van der Waals surface area (Å²) in [5.41, 5.74) is 3.40. The summed E-state index contributed by atoms with van der Waals surface area (Å²) in [6, 6.07) is 9.02. The molecule has 29 heavy (non-hydrogen) atoms. The van der Waals surface area contributed by atoms with Gasteiger partial charge >= 0.3 is 6.09 Å². The van der Waals surface area contributed by atoms with Gasteiger partial charge in [-0.05, 0) is 37.6 Å². The van der Waals surface area contributed by atoms with Crippen LogP contribution in [-0.4, -0.2) is 35.8 Å². The lowest BCUT2D eigenvalue weighted by Crippen LogP contribution is -2.08. The van der Waals surface area contributed by atoms with Crippen LogP contribution >= 0.6 is 11.6 Å². The Balaban J connectivity index is 1.71. The van der Waals surface area contributed by atoms with Gasteiger partial charge in [0.05, 0.1) is 17.4 Å². The molecular weight excluding hydrogens is 394 g/mol. The standard InChI is InChI=1S/C19H16ClN7O2/c1-10-5-17(23-11(2)22-10)25-18-7-13-6-12(3-4-27(13)26-18)14-8-16(20)21-9-15(14)24-19(28)29/h3-9,24H,1-2H3,(H,28,29)(H,22,23,25,26). The van der Waals surface area contributed by atoms with Crippen molar-refractivity contribution in [3.05, 3.63) is 59.4 Å². The summed E-state index contributed by atoms with van der Waals surface area (Å²) >= 11 is 6.02. The lowest BCUT2D eigenvalue weighted by atomic mass is 10.1. The summed E-state index contributed by atoms with van der Waals surface area (Å²) in [7, 11) is 0. The van der Waals surface area contributed by atoms with Crippen LogP contribution in [0.5, 0.6) is 0 Å². The number of rotatable bonds is 4. The second kappa shape index (κ2) is 7.36. The monoisotopic (exact) mass is 409 g/mol. The summed E-state index contributed by atoms with van der Waals surface area (Å²) < 4.78 is 1.71. The third kappa shape index (κ3) is 4.09. The molecule has 4 rings (SSSR count). The summed E-state index contributed by atoms with van der Waals surface area (Å²) in [4.78, 5) is 23.6. The van der Waals surface area contributed by atoms with E-state index < -0.39 is 6.09 Å². The number of carboxylic acid groups (broad SMARTS) is 1. The molecule has 0 saturated carbocycles. The van der Waals surface area contributed by atoms with Crippen LogP contribution in [0.25, 0.3) is 16.6 Å². The number of carbonyl (C=O) groups is 1. The molecule has 0 fully saturated rings. The molecule has 9 nitrogen and oxygen atoms in total. The first-order valence-corrected chi connectivity index (χ1v) is 9.00. The van der Waals surface area contributed by atoms with Crippen molar-refractivity contribution >= 4 is 40.5 Å². The zero-order valence-corrected chi connectivity index (χ0v) is 16.3. The van der Waals surface area contributed by atoms with Gasteiger partial charge in [0.25, 0.3) is 0 Å². The number of aryl methyl sites for hydroxylation is 2. The van der Waals surface area contributed by atoms with E-state index in [4.69, 9.17) is 16.7 Å². The van der Waals surface area contributed by atoms with Gasteiger partial charge in [0, 0.05) is 29.6 Å². The van der Waals surface area contributed by atoms with Crippen molar-refractivity contribution in [3.8, 4) is 11.1 Å². The first-order chi connectivity index (χ1) is 13.9. The normalized spacial score (nSPS) is 10.9. The Labute approximate surface area is 170 Å². The maximum absolute atomic E-state index is 11.1. The van der Waals surface area contributed by atoms with Crippen LogP contribution in [-0.2, 0) is 0 Å². The molecule has 10 heteroatoms. The van der Waals surface area contributed by atoms with E-state index >= 15 is 0 Å². The molecule has 1 amide bonds. The number of fused-ring (bicyclic) bond motifs is 1. The van der Waals surface area contributed by atoms with E-state index in [9.17, 15) is 4.79 Å². The molecule has 0 aliphatic heterocycles. The second-order valence-electron chi connectivity index (χ2n) is 6.36. The molecule has 146 valence electrons. The van der Waals surface area contributed by atoms with Gasteiger partial charge in [-0.1, -0.05) is 11.6 Å². The highest BCUT2D eigenvalue weighted by atomic mass is 35.5. The fourth-order valence-electron chi connectivity index (χ4n) is 3.02. The fourth-order valence-corrected chi connectivity index (χ4v) is 3.18. The van der Waals surface area contributed by atoms with Crippen molar-refractivity contribution in [3.63, 3.8) is 0 Å². The van der Waals surface area contributed by atoms with Gasteiger partial charge in [0.15, 0.2) is 5.82 Å². The van der Waals surface area contributed by atoms with Crippen LogP contribution in [0, 0.1) is 13.8 Å². The van der Waals surface area contributed by atoms with Crippen LogP contribution < -0.4 is 10.6 Å². The number of nitrogens with zero attached hydrogens (tertiary/aromatic N) is 5. The fraction of sp³-hybridized carbons (Fsp3) is 0.105. The molecule has 0 bridgehead atoms. The molecule has 0 aromatic carbocycles. The molecule has 3 N–H and O–H groups in total. The average molecular weight is 410 g/mol. The van der Waals surface area contributed by atoms with Gasteiger partial charge in [-0.25, -0.2) is 24.3 Å². The first-order valence-electron chi connectivity index (χ1n) is 8.62. The molecular formula is C19H16ClN7O2. The number of hydrogen-bond donors (Lipinski definition) is 3. The molecule has 0 radical (unpaired) electrons. The summed E-state index contributed by atoms with van der Waals surface area (Å²) in [5.74, 6) is 1.95. The van der Waals surface area contributed by atoms with E-state index in [1.54, 1.807) is 16.8 Å². The molecule has 0 unspecified atom stereocenters. The first kappa shape index (κ1) is 18.6. The van der Waals surface area contributed by atoms with Gasteiger partial charge in [-0.2, -0.15) is 5.10 Å². The van der Waals surface area contributed by atoms with Crippen molar-refractivity contribution in [2.24, 2.45) is 0 Å². The minimum Gasteiger partial charge on any atom is -0.465 e. The lowest BCUT2D eigenvalue weighted by molar-refractivity contribution is 0.209. The average Bonchev–Trinajstić information content (AvgIpc) is 3.03. The molecule has 0 atom stereocenters. The third-order valence-corrected chi connectivity index (χ3v) is 4.32. The van der Waals surface area contributed by atoms with Gasteiger partial charge < -0.3 is 10.4 Å². The number of amides is 1. The lowest BCUT2D eigenvalue weighted by Gasteiger charge is -2.09. The Morgan fingerprint density at radius 1 is 1.14 bits per heavy atom. The van der Waals surface area contributed by atoms with E-state index in [2.05, 4.69) is 30.7 Å². The highest BCUT2D eigenvalue weighted by Crippen LogP contribution is 2.31. The smallest absolute Gasteiger partial charge is 0.409 e. The van der Waals surface area contributed by atoms with Crippen molar-refractivity contribution in [2.75, 3.05) is 10.6 Å². The molecule has 4 aromatic rings. The van der Waals surface area contributed by atoms with E-state index in [1.807, 2.05) is 38.1 Å². The molecule has 0 aliphatic rings. The van der Waals surface area contributed by atoms with Crippen molar-refractivity contribution in [1.29, 1.82) is 0 Å².